The first-order valence-corrected chi connectivity index (χ1v) is 9.10. The second-order valence-electron chi connectivity index (χ2n) is 7.50. The summed E-state index contributed by atoms with van der Waals surface area (Å²) in [4.78, 5) is 0. The Kier molecular flexibility index (Phi) is 8.11. The number of hydrogen-bond acceptors (Lipinski definition) is 0. The Labute approximate surface area is 122 Å². The molecule has 0 aliphatic heterocycles. The van der Waals surface area contributed by atoms with E-state index in [1.54, 1.807) is 0 Å². The predicted octanol–water partition coefficient (Wildman–Crippen LogP) is 6.69. The first kappa shape index (κ1) is 17.1. The number of unbranched alkanes of at least 4 members (excludes halogenated alkanes) is 2. The summed E-state index contributed by atoms with van der Waals surface area (Å²) in [5.74, 6) is 4.95. The molecule has 4 atom stereocenters. The lowest BCUT2D eigenvalue weighted by atomic mass is 9.77. The third-order valence-corrected chi connectivity index (χ3v) is 5.68. The van der Waals surface area contributed by atoms with Crippen LogP contribution < -0.4 is 0 Å². The molecule has 0 amide bonds. The average Bonchev–Trinajstić information content (AvgIpc) is 2.85. The standard InChI is InChI=1S/C19H38/c1-6-8-10-16(5)17-12-13-18(14-17)19(15(3)4)11-9-7-2/h15-19H,6-14H2,1-5H3. The van der Waals surface area contributed by atoms with Gasteiger partial charge in [0.05, 0.1) is 0 Å². The van der Waals surface area contributed by atoms with Crippen LogP contribution in [0.3, 0.4) is 0 Å². The maximum absolute atomic E-state index is 2.51. The molecule has 1 rings (SSSR count). The van der Waals surface area contributed by atoms with Crippen molar-refractivity contribution in [1.82, 2.24) is 0 Å². The van der Waals surface area contributed by atoms with E-state index in [1.807, 2.05) is 0 Å². The molecular formula is C19H38. The summed E-state index contributed by atoms with van der Waals surface area (Å²) in [6, 6.07) is 0. The zero-order chi connectivity index (χ0) is 14.3. The fraction of sp³-hybridized carbons (Fsp3) is 1.00. The van der Waals surface area contributed by atoms with Crippen LogP contribution in [-0.2, 0) is 0 Å². The van der Waals surface area contributed by atoms with E-state index in [9.17, 15) is 0 Å². The van der Waals surface area contributed by atoms with Crippen LogP contribution in [0.1, 0.15) is 92.4 Å². The molecule has 0 aromatic carbocycles. The SMILES string of the molecule is CCCCC(C)C1CCC(C(CCCC)C(C)C)C1. The predicted molar refractivity (Wildman–Crippen MR) is 87.4 cm³/mol. The normalized spacial score (nSPS) is 26.8. The van der Waals surface area contributed by atoms with Gasteiger partial charge < -0.3 is 0 Å². The molecule has 4 unspecified atom stereocenters. The van der Waals surface area contributed by atoms with Gasteiger partial charge in [0.2, 0.25) is 0 Å². The van der Waals surface area contributed by atoms with Crippen molar-refractivity contribution in [3.05, 3.63) is 0 Å². The van der Waals surface area contributed by atoms with Gasteiger partial charge in [-0.05, 0) is 55.3 Å². The third-order valence-electron chi connectivity index (χ3n) is 5.68. The van der Waals surface area contributed by atoms with Gasteiger partial charge in [0, 0.05) is 0 Å². The smallest absolute Gasteiger partial charge is 0.0363 e. The van der Waals surface area contributed by atoms with Crippen LogP contribution in [0.5, 0.6) is 0 Å². The Bertz CT molecular complexity index is 218. The number of hydrogen-bond donors (Lipinski definition) is 0. The minimum absolute atomic E-state index is 0.890. The molecule has 1 saturated carbocycles. The minimum Gasteiger partial charge on any atom is -0.0654 e. The highest BCUT2D eigenvalue weighted by molar-refractivity contribution is 4.84. The zero-order valence-corrected chi connectivity index (χ0v) is 14.3. The van der Waals surface area contributed by atoms with Gasteiger partial charge in [-0.1, -0.05) is 66.7 Å². The van der Waals surface area contributed by atoms with Crippen molar-refractivity contribution in [2.75, 3.05) is 0 Å². The summed E-state index contributed by atoms with van der Waals surface area (Å²) < 4.78 is 0. The molecule has 114 valence electrons. The quantitative estimate of drug-likeness (QED) is 0.436. The van der Waals surface area contributed by atoms with Crippen molar-refractivity contribution in [3.8, 4) is 0 Å². The first-order chi connectivity index (χ1) is 9.10. The van der Waals surface area contributed by atoms with Gasteiger partial charge in [0.1, 0.15) is 0 Å². The molecular weight excluding hydrogens is 228 g/mol. The fourth-order valence-corrected chi connectivity index (χ4v) is 4.27. The molecule has 0 N–H and O–H groups in total. The molecule has 19 heavy (non-hydrogen) atoms. The van der Waals surface area contributed by atoms with Gasteiger partial charge in [0.25, 0.3) is 0 Å². The lowest BCUT2D eigenvalue weighted by Gasteiger charge is -2.28. The maximum Gasteiger partial charge on any atom is -0.0363 e. The van der Waals surface area contributed by atoms with Crippen molar-refractivity contribution in [3.63, 3.8) is 0 Å². The lowest BCUT2D eigenvalue weighted by molar-refractivity contribution is 0.220. The zero-order valence-electron chi connectivity index (χ0n) is 14.3. The van der Waals surface area contributed by atoms with Crippen molar-refractivity contribution in [2.24, 2.45) is 29.6 Å². The second kappa shape index (κ2) is 9.03. The van der Waals surface area contributed by atoms with Gasteiger partial charge in [-0.15, -0.1) is 0 Å². The third kappa shape index (κ3) is 5.48. The number of rotatable bonds is 9. The highest BCUT2D eigenvalue weighted by Gasteiger charge is 2.33. The first-order valence-electron chi connectivity index (χ1n) is 9.10. The molecule has 0 radical (unpaired) electrons. The van der Waals surface area contributed by atoms with Gasteiger partial charge in [0.15, 0.2) is 0 Å². The Morgan fingerprint density at radius 2 is 1.42 bits per heavy atom. The fourth-order valence-electron chi connectivity index (χ4n) is 4.27. The Morgan fingerprint density at radius 1 is 0.842 bits per heavy atom. The van der Waals surface area contributed by atoms with Gasteiger partial charge in [-0.3, -0.25) is 0 Å². The Balaban J connectivity index is 2.43. The Morgan fingerprint density at radius 3 is 2.00 bits per heavy atom. The van der Waals surface area contributed by atoms with Crippen molar-refractivity contribution in [2.45, 2.75) is 92.4 Å². The minimum atomic E-state index is 0.890. The van der Waals surface area contributed by atoms with Crippen LogP contribution in [0, 0.1) is 29.6 Å². The largest absolute Gasteiger partial charge is 0.0654 e. The molecule has 1 aliphatic carbocycles. The maximum atomic E-state index is 2.51. The van der Waals surface area contributed by atoms with Crippen LogP contribution >= 0.6 is 0 Å². The molecule has 0 aromatic rings. The topological polar surface area (TPSA) is 0 Å². The molecule has 0 heteroatoms. The van der Waals surface area contributed by atoms with E-state index < -0.39 is 0 Å². The van der Waals surface area contributed by atoms with Gasteiger partial charge >= 0.3 is 0 Å². The van der Waals surface area contributed by atoms with Crippen LogP contribution in [0.4, 0.5) is 0 Å². The molecule has 0 nitrogen and oxygen atoms in total. The van der Waals surface area contributed by atoms with Crippen LogP contribution in [0.15, 0.2) is 0 Å². The van der Waals surface area contributed by atoms with Crippen LogP contribution in [0.25, 0.3) is 0 Å². The summed E-state index contributed by atoms with van der Waals surface area (Å²) in [5, 5.41) is 0. The molecule has 0 spiro atoms. The summed E-state index contributed by atoms with van der Waals surface area (Å²) in [5.41, 5.74) is 0. The van der Waals surface area contributed by atoms with E-state index in [-0.39, 0.29) is 0 Å². The van der Waals surface area contributed by atoms with Crippen LogP contribution in [0.2, 0.25) is 0 Å². The molecule has 1 aliphatic rings. The van der Waals surface area contributed by atoms with Crippen LogP contribution in [-0.4, -0.2) is 0 Å². The molecule has 0 saturated heterocycles. The molecule has 0 bridgehead atoms. The highest BCUT2D eigenvalue weighted by atomic mass is 14.4. The van der Waals surface area contributed by atoms with E-state index in [0.29, 0.717) is 0 Å². The molecule has 0 aromatic heterocycles. The lowest BCUT2D eigenvalue weighted by Crippen LogP contribution is -2.19. The molecule has 0 heterocycles. The van der Waals surface area contributed by atoms with E-state index in [4.69, 9.17) is 0 Å². The monoisotopic (exact) mass is 266 g/mol. The van der Waals surface area contributed by atoms with Crippen molar-refractivity contribution in [1.29, 1.82) is 0 Å². The van der Waals surface area contributed by atoms with Gasteiger partial charge in [-0.25, -0.2) is 0 Å². The highest BCUT2D eigenvalue weighted by Crippen LogP contribution is 2.44. The van der Waals surface area contributed by atoms with E-state index in [2.05, 4.69) is 34.6 Å². The summed E-state index contributed by atoms with van der Waals surface area (Å²) in [7, 11) is 0. The second-order valence-corrected chi connectivity index (χ2v) is 7.50. The van der Waals surface area contributed by atoms with Crippen molar-refractivity contribution < 1.29 is 0 Å². The van der Waals surface area contributed by atoms with Crippen molar-refractivity contribution >= 4 is 0 Å². The summed E-state index contributed by atoms with van der Waals surface area (Å²) in [6.07, 6.45) is 13.1. The summed E-state index contributed by atoms with van der Waals surface area (Å²) in [6.45, 7) is 12.1. The Hall–Kier alpha value is 0. The molecule has 1 fully saturated rings. The van der Waals surface area contributed by atoms with E-state index in [0.717, 1.165) is 29.6 Å². The summed E-state index contributed by atoms with van der Waals surface area (Å²) >= 11 is 0. The van der Waals surface area contributed by atoms with E-state index >= 15 is 0 Å². The van der Waals surface area contributed by atoms with E-state index in [1.165, 1.54) is 57.8 Å². The average molecular weight is 267 g/mol. The van der Waals surface area contributed by atoms with Gasteiger partial charge in [-0.2, -0.15) is 0 Å².